The Bertz CT molecular complexity index is 631. The molecule has 1 aliphatic rings. The second-order valence-electron chi connectivity index (χ2n) is 5.14. The van der Waals surface area contributed by atoms with Crippen LogP contribution in [0.25, 0.3) is 11.1 Å². The van der Waals surface area contributed by atoms with E-state index < -0.39 is 4.92 Å². The number of benzene rings is 1. The number of hydrogen-bond acceptors (Lipinski definition) is 5. The van der Waals surface area contributed by atoms with Crippen molar-refractivity contribution in [1.29, 1.82) is 0 Å². The van der Waals surface area contributed by atoms with Crippen LogP contribution in [0.5, 0.6) is 0 Å². The van der Waals surface area contributed by atoms with E-state index in [1.807, 2.05) is 0 Å². The summed E-state index contributed by atoms with van der Waals surface area (Å²) in [5, 5.41) is 13.9. The minimum atomic E-state index is -0.433. The first kappa shape index (κ1) is 12.0. The second kappa shape index (κ2) is 4.22. The molecule has 1 aromatic carbocycles. The SMILES string of the molecule is CCC1(CNc2nc3cc([N+](=O)[O-])ccc3o2)CC1. The van der Waals surface area contributed by atoms with Crippen molar-refractivity contribution >= 4 is 22.8 Å². The molecule has 3 rings (SSSR count). The number of nitro groups is 1. The normalized spacial score (nSPS) is 16.5. The van der Waals surface area contributed by atoms with Crippen LogP contribution >= 0.6 is 0 Å². The van der Waals surface area contributed by atoms with Crippen LogP contribution in [0.3, 0.4) is 0 Å². The maximum Gasteiger partial charge on any atom is 0.295 e. The van der Waals surface area contributed by atoms with Gasteiger partial charge in [0.15, 0.2) is 5.58 Å². The predicted molar refractivity (Wildman–Crippen MR) is 71.1 cm³/mol. The van der Waals surface area contributed by atoms with Crippen LogP contribution in [0.2, 0.25) is 0 Å². The highest BCUT2D eigenvalue weighted by Crippen LogP contribution is 2.48. The molecule has 0 amide bonds. The van der Waals surface area contributed by atoms with Crippen molar-refractivity contribution in [1.82, 2.24) is 4.98 Å². The molecule has 1 N–H and O–H groups in total. The molecule has 0 unspecified atom stereocenters. The molecule has 0 atom stereocenters. The molecule has 1 fully saturated rings. The van der Waals surface area contributed by atoms with Crippen LogP contribution in [0, 0.1) is 15.5 Å². The van der Waals surface area contributed by atoms with Crippen molar-refractivity contribution in [3.05, 3.63) is 28.3 Å². The van der Waals surface area contributed by atoms with Gasteiger partial charge in [0, 0.05) is 18.7 Å². The zero-order valence-electron chi connectivity index (χ0n) is 10.7. The molecular formula is C13H15N3O3. The van der Waals surface area contributed by atoms with Gasteiger partial charge in [0.05, 0.1) is 4.92 Å². The molecule has 6 nitrogen and oxygen atoms in total. The van der Waals surface area contributed by atoms with Crippen molar-refractivity contribution in [2.45, 2.75) is 26.2 Å². The molecule has 0 aliphatic heterocycles. The fourth-order valence-corrected chi connectivity index (χ4v) is 2.20. The minimum Gasteiger partial charge on any atom is -0.424 e. The van der Waals surface area contributed by atoms with E-state index in [2.05, 4.69) is 17.2 Å². The van der Waals surface area contributed by atoms with E-state index in [9.17, 15) is 10.1 Å². The Morgan fingerprint density at radius 2 is 2.32 bits per heavy atom. The summed E-state index contributed by atoms with van der Waals surface area (Å²) in [5.74, 6) is 0. The Hall–Kier alpha value is -2.11. The first-order valence-electron chi connectivity index (χ1n) is 6.41. The Morgan fingerprint density at radius 1 is 1.53 bits per heavy atom. The van der Waals surface area contributed by atoms with E-state index in [0.29, 0.717) is 22.5 Å². The summed E-state index contributed by atoms with van der Waals surface area (Å²) in [7, 11) is 0. The van der Waals surface area contributed by atoms with E-state index in [1.165, 1.54) is 25.0 Å². The molecule has 0 radical (unpaired) electrons. The Balaban J connectivity index is 1.79. The van der Waals surface area contributed by atoms with Gasteiger partial charge in [-0.3, -0.25) is 10.1 Å². The van der Waals surface area contributed by atoms with Gasteiger partial charge < -0.3 is 9.73 Å². The highest BCUT2D eigenvalue weighted by atomic mass is 16.6. The van der Waals surface area contributed by atoms with Crippen LogP contribution in [0.4, 0.5) is 11.7 Å². The van der Waals surface area contributed by atoms with Crippen LogP contribution < -0.4 is 5.32 Å². The summed E-state index contributed by atoms with van der Waals surface area (Å²) < 4.78 is 5.53. The summed E-state index contributed by atoms with van der Waals surface area (Å²) in [6.07, 6.45) is 3.62. The summed E-state index contributed by atoms with van der Waals surface area (Å²) in [6.45, 7) is 3.03. The largest absolute Gasteiger partial charge is 0.424 e. The van der Waals surface area contributed by atoms with Gasteiger partial charge in [-0.25, -0.2) is 0 Å². The van der Waals surface area contributed by atoms with Crippen LogP contribution in [-0.2, 0) is 0 Å². The summed E-state index contributed by atoms with van der Waals surface area (Å²) >= 11 is 0. The number of rotatable bonds is 5. The van der Waals surface area contributed by atoms with Gasteiger partial charge >= 0.3 is 0 Å². The number of nitrogens with one attached hydrogen (secondary N) is 1. The standard InChI is InChI=1S/C13H15N3O3/c1-2-13(5-6-13)8-14-12-15-10-7-9(16(17)18)3-4-11(10)19-12/h3-4,7H,2,5-6,8H2,1H3,(H,14,15). The monoisotopic (exact) mass is 261 g/mol. The fourth-order valence-electron chi connectivity index (χ4n) is 2.20. The lowest BCUT2D eigenvalue weighted by molar-refractivity contribution is -0.384. The summed E-state index contributed by atoms with van der Waals surface area (Å²) in [4.78, 5) is 14.5. The van der Waals surface area contributed by atoms with Crippen molar-refractivity contribution in [3.63, 3.8) is 0 Å². The fraction of sp³-hybridized carbons (Fsp3) is 0.462. The van der Waals surface area contributed by atoms with Gasteiger partial charge in [0.2, 0.25) is 0 Å². The lowest BCUT2D eigenvalue weighted by atomic mass is 10.0. The highest BCUT2D eigenvalue weighted by Gasteiger charge is 2.40. The minimum absolute atomic E-state index is 0.0274. The third-order valence-electron chi connectivity index (χ3n) is 3.90. The average molecular weight is 261 g/mol. The van der Waals surface area contributed by atoms with Crippen LogP contribution in [-0.4, -0.2) is 16.5 Å². The zero-order valence-corrected chi connectivity index (χ0v) is 10.7. The Labute approximate surface area is 110 Å². The first-order valence-corrected chi connectivity index (χ1v) is 6.41. The van der Waals surface area contributed by atoms with Gasteiger partial charge in [0.1, 0.15) is 5.52 Å². The molecular weight excluding hydrogens is 246 g/mol. The van der Waals surface area contributed by atoms with Gasteiger partial charge in [-0.05, 0) is 30.7 Å². The number of nitrogens with zero attached hydrogens (tertiary/aromatic N) is 2. The summed E-state index contributed by atoms with van der Waals surface area (Å²) in [5.41, 5.74) is 1.50. The van der Waals surface area contributed by atoms with Gasteiger partial charge in [0.25, 0.3) is 11.7 Å². The quantitative estimate of drug-likeness (QED) is 0.659. The van der Waals surface area contributed by atoms with Crippen molar-refractivity contribution in [3.8, 4) is 0 Å². The number of aromatic nitrogens is 1. The number of non-ortho nitro benzene ring substituents is 1. The van der Waals surface area contributed by atoms with Crippen molar-refractivity contribution in [2.75, 3.05) is 11.9 Å². The van der Waals surface area contributed by atoms with Crippen LogP contribution in [0.15, 0.2) is 22.6 Å². The van der Waals surface area contributed by atoms with E-state index in [-0.39, 0.29) is 5.69 Å². The maximum absolute atomic E-state index is 10.7. The molecule has 19 heavy (non-hydrogen) atoms. The molecule has 0 saturated heterocycles. The molecule has 0 spiro atoms. The van der Waals surface area contributed by atoms with Crippen LogP contribution in [0.1, 0.15) is 26.2 Å². The van der Waals surface area contributed by atoms with E-state index in [1.54, 1.807) is 6.07 Å². The number of nitro benzene ring substituents is 1. The topological polar surface area (TPSA) is 81.2 Å². The van der Waals surface area contributed by atoms with Gasteiger partial charge in [-0.15, -0.1) is 0 Å². The average Bonchev–Trinajstić information content (AvgIpc) is 3.07. The summed E-state index contributed by atoms with van der Waals surface area (Å²) in [6, 6.07) is 4.87. The number of oxazole rings is 1. The zero-order chi connectivity index (χ0) is 13.5. The molecule has 100 valence electrons. The second-order valence-corrected chi connectivity index (χ2v) is 5.14. The lowest BCUT2D eigenvalue weighted by Crippen LogP contribution is -2.14. The number of fused-ring (bicyclic) bond motifs is 1. The Morgan fingerprint density at radius 3 is 2.95 bits per heavy atom. The molecule has 6 heteroatoms. The molecule has 1 saturated carbocycles. The van der Waals surface area contributed by atoms with E-state index >= 15 is 0 Å². The van der Waals surface area contributed by atoms with Gasteiger partial charge in [-0.2, -0.15) is 4.98 Å². The lowest BCUT2D eigenvalue weighted by Gasteiger charge is -2.11. The third kappa shape index (κ3) is 2.25. The predicted octanol–water partition coefficient (Wildman–Crippen LogP) is 3.34. The van der Waals surface area contributed by atoms with E-state index in [4.69, 9.17) is 4.42 Å². The van der Waals surface area contributed by atoms with E-state index in [0.717, 1.165) is 13.0 Å². The first-order chi connectivity index (χ1) is 9.12. The molecule has 1 aliphatic carbocycles. The van der Waals surface area contributed by atoms with Crippen molar-refractivity contribution < 1.29 is 9.34 Å². The van der Waals surface area contributed by atoms with Gasteiger partial charge in [-0.1, -0.05) is 6.92 Å². The molecule has 1 aromatic heterocycles. The molecule has 0 bridgehead atoms. The number of anilines is 1. The Kier molecular flexibility index (Phi) is 2.66. The highest BCUT2D eigenvalue weighted by molar-refractivity contribution is 5.77. The number of hydrogen-bond donors (Lipinski definition) is 1. The van der Waals surface area contributed by atoms with Crippen molar-refractivity contribution in [2.24, 2.45) is 5.41 Å². The third-order valence-corrected chi connectivity index (χ3v) is 3.90. The molecule has 2 aromatic rings. The smallest absolute Gasteiger partial charge is 0.295 e. The maximum atomic E-state index is 10.7. The molecule has 1 heterocycles.